The Kier molecular flexibility index (Phi) is 25.2. The van der Waals surface area contributed by atoms with E-state index in [2.05, 4.69) is 151 Å². The molecule has 0 spiro atoms. The van der Waals surface area contributed by atoms with Crippen LogP contribution in [0.5, 0.6) is 0 Å². The van der Waals surface area contributed by atoms with Gasteiger partial charge in [0, 0.05) is 132 Å². The summed E-state index contributed by atoms with van der Waals surface area (Å²) in [4.78, 5) is 55.2. The first-order chi connectivity index (χ1) is 47.9. The maximum absolute atomic E-state index is 13.5. The van der Waals surface area contributed by atoms with E-state index in [9.17, 15) is 9.59 Å². The summed E-state index contributed by atoms with van der Waals surface area (Å²) in [6.45, 7) is 15.3. The minimum Gasteiger partial charge on any atom is -0.293 e. The van der Waals surface area contributed by atoms with Gasteiger partial charge < -0.3 is 0 Å². The van der Waals surface area contributed by atoms with E-state index < -0.39 is 0 Å². The molecule has 2 fully saturated rings. The van der Waals surface area contributed by atoms with Gasteiger partial charge in [-0.25, -0.2) is 0 Å². The molecule has 2 atom stereocenters. The minimum atomic E-state index is 0.0458. The summed E-state index contributed by atoms with van der Waals surface area (Å²) in [5, 5.41) is 2.72. The molecular formula is C80H84N2O2S14. The summed E-state index contributed by atoms with van der Waals surface area (Å²) in [5.41, 5.74) is 2.77. The largest absolute Gasteiger partial charge is 0.293 e. The van der Waals surface area contributed by atoms with Crippen LogP contribution in [-0.4, -0.2) is 43.3 Å². The molecule has 2 unspecified atom stereocenters. The maximum Gasteiger partial charge on any atom is 0.266 e. The van der Waals surface area contributed by atoms with E-state index in [0.29, 0.717) is 33.6 Å². The van der Waals surface area contributed by atoms with Crippen LogP contribution in [0.3, 0.4) is 0 Å². The summed E-state index contributed by atoms with van der Waals surface area (Å²) >= 11 is 33.3. The lowest BCUT2D eigenvalue weighted by Crippen LogP contribution is -2.28. The van der Waals surface area contributed by atoms with Crippen molar-refractivity contribution in [2.75, 3.05) is 13.1 Å². The summed E-state index contributed by atoms with van der Waals surface area (Å²) in [7, 11) is 0. The number of unbranched alkanes of at least 4 members (excludes halogenated alkanes) is 10. The van der Waals surface area contributed by atoms with Crippen LogP contribution in [0, 0.1) is 11.8 Å². The number of hydrogen-bond acceptors (Lipinski definition) is 16. The van der Waals surface area contributed by atoms with E-state index in [1.54, 1.807) is 22.7 Å². The monoisotopic (exact) mass is 1550 g/mol. The smallest absolute Gasteiger partial charge is 0.266 e. The molecule has 12 heterocycles. The van der Waals surface area contributed by atoms with Crippen LogP contribution >= 0.6 is 161 Å². The number of amides is 2. The van der Waals surface area contributed by atoms with E-state index in [1.165, 1.54) is 223 Å². The molecule has 2 amide bonds. The van der Waals surface area contributed by atoms with Crippen LogP contribution in [0.4, 0.5) is 0 Å². The Labute approximate surface area is 639 Å². The minimum absolute atomic E-state index is 0.0458. The zero-order valence-corrected chi connectivity index (χ0v) is 68.1. The molecule has 0 bridgehead atoms. The van der Waals surface area contributed by atoms with Crippen molar-refractivity contribution in [2.45, 2.75) is 170 Å². The van der Waals surface area contributed by atoms with Gasteiger partial charge in [-0.2, -0.15) is 0 Å². The summed E-state index contributed by atoms with van der Waals surface area (Å²) in [5.74, 6) is 1.47. The first kappa shape index (κ1) is 72.4. The van der Waals surface area contributed by atoms with E-state index in [0.717, 1.165) is 58.1 Å². The Morgan fingerprint density at radius 3 is 1.04 bits per heavy atom. The zero-order chi connectivity index (χ0) is 67.8. The van der Waals surface area contributed by atoms with Gasteiger partial charge in [0.15, 0.2) is 0 Å². The second kappa shape index (κ2) is 34.1. The molecule has 0 saturated carbocycles. The highest BCUT2D eigenvalue weighted by Gasteiger charge is 2.34. The molecule has 98 heavy (non-hydrogen) atoms. The van der Waals surface area contributed by atoms with Crippen LogP contribution in [-0.2, 0) is 22.4 Å². The molecule has 0 radical (unpaired) electrons. The number of benzene rings is 1. The number of carbonyl (C=O) groups is 2. The second-order valence-electron chi connectivity index (χ2n) is 25.8. The molecular weight excluding hydrogens is 1470 g/mol. The fraction of sp³-hybridized carbons (Fsp3) is 0.375. The number of thioether (sulfide) groups is 2. The average molecular weight is 1550 g/mol. The fourth-order valence-corrected chi connectivity index (χ4v) is 27.3. The van der Waals surface area contributed by atoms with Crippen LogP contribution in [0.1, 0.15) is 177 Å². The van der Waals surface area contributed by atoms with Crippen molar-refractivity contribution in [3.63, 3.8) is 0 Å². The first-order valence-corrected chi connectivity index (χ1v) is 45.9. The van der Waals surface area contributed by atoms with E-state index in [1.807, 2.05) is 113 Å². The molecule has 2 aliphatic heterocycles. The Hall–Kier alpha value is -3.96. The van der Waals surface area contributed by atoms with Gasteiger partial charge in [0.1, 0.15) is 8.64 Å². The summed E-state index contributed by atoms with van der Waals surface area (Å²) < 4.78 is 4.12. The van der Waals surface area contributed by atoms with Crippen LogP contribution in [0.25, 0.3) is 112 Å². The molecule has 11 aromatic rings. The summed E-state index contributed by atoms with van der Waals surface area (Å²) in [6.07, 6.45) is 27.9. The highest BCUT2D eigenvalue weighted by atomic mass is 32.2. The normalized spacial score (nSPS) is 15.2. The number of rotatable bonds is 34. The van der Waals surface area contributed by atoms with Gasteiger partial charge in [0.25, 0.3) is 11.8 Å². The van der Waals surface area contributed by atoms with Crippen molar-refractivity contribution in [2.24, 2.45) is 11.8 Å². The molecule has 13 rings (SSSR count). The van der Waals surface area contributed by atoms with Gasteiger partial charge in [-0.3, -0.25) is 19.4 Å². The Bertz CT molecular complexity index is 4320. The molecule has 0 N–H and O–H groups in total. The van der Waals surface area contributed by atoms with Gasteiger partial charge in [-0.15, -0.1) is 113 Å². The molecule has 510 valence electrons. The van der Waals surface area contributed by atoms with Crippen LogP contribution < -0.4 is 0 Å². The molecule has 2 aliphatic rings. The van der Waals surface area contributed by atoms with E-state index in [-0.39, 0.29) is 11.8 Å². The predicted octanol–water partition coefficient (Wildman–Crippen LogP) is 29.8. The van der Waals surface area contributed by atoms with E-state index >= 15 is 0 Å². The third-order valence-electron chi connectivity index (χ3n) is 18.7. The third kappa shape index (κ3) is 16.7. The lowest BCUT2D eigenvalue weighted by molar-refractivity contribution is -0.123. The lowest BCUT2D eigenvalue weighted by Gasteiger charge is -2.13. The Balaban J connectivity index is 0.824. The lowest BCUT2D eigenvalue weighted by atomic mass is 9.95. The number of hydrogen-bond donors (Lipinski definition) is 0. The standard InChI is InChI=1S/C80H84N2O2S14/c1-7-13-17-19-21-41-81-77(83)71(97-79(81)85)45-53-25-29-57(87-53)59-33-35-61(91-59)63-37-39-65(93-63)69-47-55-73(67-31-27-51(89-67)43-49(11-5)23-15-9-3)76-56(74(75(55)95-69)68-32-28-52(90-68)44-50(12-6)24-16-10-4)48-70(96-76)66-40-38-64(94-66)62-36-34-60(92-62)58-30-26-54(88-58)46-72-78(84)82(80(86)98-72)42-22-20-18-14-8-2/h25-40,45-50H,7-24,41-44H2,1-6H3/b71-45-,72-46-. The summed E-state index contributed by atoms with van der Waals surface area (Å²) in [6, 6.07) is 42.2. The highest BCUT2D eigenvalue weighted by molar-refractivity contribution is 8.27. The van der Waals surface area contributed by atoms with Crippen LogP contribution in [0.15, 0.2) is 119 Å². The molecule has 0 aliphatic carbocycles. The van der Waals surface area contributed by atoms with E-state index in [4.69, 9.17) is 24.4 Å². The van der Waals surface area contributed by atoms with Gasteiger partial charge in [-0.1, -0.05) is 192 Å². The average Bonchev–Trinajstić information content (AvgIpc) is 1.55. The van der Waals surface area contributed by atoms with Crippen molar-refractivity contribution in [1.82, 2.24) is 9.80 Å². The van der Waals surface area contributed by atoms with Gasteiger partial charge >= 0.3 is 0 Å². The van der Waals surface area contributed by atoms with Gasteiger partial charge in [0.2, 0.25) is 0 Å². The molecule has 10 aromatic heterocycles. The van der Waals surface area contributed by atoms with Crippen LogP contribution in [0.2, 0.25) is 0 Å². The second-order valence-corrected chi connectivity index (χ2v) is 40.1. The van der Waals surface area contributed by atoms with Crippen molar-refractivity contribution in [3.8, 4) is 79.4 Å². The number of thiophene rings is 10. The van der Waals surface area contributed by atoms with Crippen molar-refractivity contribution >= 4 is 214 Å². The SMILES string of the molecule is CCCCCCCN1C(=O)/C(=C/c2ccc(-c3ccc(-c4ccc(-c5cc6c(-c7ccc(CC(CC)CCCC)s7)c7sc(-c8ccc(-c9ccc(-c%10ccc(/C=C%11\SC(=S)N(CCCCCCC)C%11=O)s%10)s9)s8)cc7c(-c7ccc(CC(CC)CCCC)s7)c6s5)s4)s3)s2)SC1=S. The fourth-order valence-electron chi connectivity index (χ4n) is 13.1. The highest BCUT2D eigenvalue weighted by Crippen LogP contribution is 2.56. The Morgan fingerprint density at radius 1 is 0.357 bits per heavy atom. The van der Waals surface area contributed by atoms with Crippen molar-refractivity contribution < 1.29 is 9.59 Å². The molecule has 2 saturated heterocycles. The van der Waals surface area contributed by atoms with Gasteiger partial charge in [0.05, 0.1) is 9.81 Å². The molecule has 1 aromatic carbocycles. The van der Waals surface area contributed by atoms with Crippen molar-refractivity contribution in [3.05, 3.63) is 139 Å². The topological polar surface area (TPSA) is 40.6 Å². The molecule has 4 nitrogen and oxygen atoms in total. The number of fused-ring (bicyclic) bond motifs is 2. The zero-order valence-electron chi connectivity index (χ0n) is 56.7. The first-order valence-electron chi connectivity index (χ1n) is 35.2. The predicted molar refractivity (Wildman–Crippen MR) is 455 cm³/mol. The third-order valence-corrected chi connectivity index (χ3v) is 33.6. The van der Waals surface area contributed by atoms with Crippen molar-refractivity contribution in [1.29, 1.82) is 0 Å². The van der Waals surface area contributed by atoms with Gasteiger partial charge in [-0.05, 0) is 159 Å². The number of thiocarbonyl (C=S) groups is 2. The maximum atomic E-state index is 13.5. The molecule has 18 heteroatoms. The number of carbonyl (C=O) groups excluding carboxylic acids is 2. The number of nitrogens with zero attached hydrogens (tertiary/aromatic N) is 2. The quantitative estimate of drug-likeness (QED) is 0.0227. The Morgan fingerprint density at radius 2 is 0.684 bits per heavy atom.